The highest BCUT2D eigenvalue weighted by atomic mass is 35.5. The van der Waals surface area contributed by atoms with Crippen LogP contribution in [0, 0.1) is 12.8 Å². The van der Waals surface area contributed by atoms with Gasteiger partial charge in [0.05, 0.1) is 5.92 Å². The number of carbonyl (C=O) groups excluding carboxylic acids is 1. The van der Waals surface area contributed by atoms with Gasteiger partial charge < -0.3 is 10.3 Å². The van der Waals surface area contributed by atoms with Gasteiger partial charge in [-0.2, -0.15) is 4.31 Å². The normalized spacial score (nSPS) is 17.6. The van der Waals surface area contributed by atoms with Gasteiger partial charge in [0, 0.05) is 35.4 Å². The second-order valence-corrected chi connectivity index (χ2v) is 9.74. The van der Waals surface area contributed by atoms with Crippen LogP contribution in [0.3, 0.4) is 0 Å². The average Bonchev–Trinajstić information content (AvgIpc) is 2.66. The van der Waals surface area contributed by atoms with Crippen LogP contribution in [0.25, 0.3) is 0 Å². The number of aromatic amines is 2. The van der Waals surface area contributed by atoms with Crippen LogP contribution in [0.5, 0.6) is 0 Å². The standard InChI is InChI=1S/C18H20Cl2N4O5S/c1-10-15(17(26)23-18(27)22-10)30(28,29)24-6-2-3-12(9-24)16(25)21-8-11-4-5-13(19)7-14(11)20/h4-5,7,12H,2-3,6,8-9H2,1H3,(H,21,25)(H2,22,23,26,27)/t12-/m1/s1. The number of carbonyl (C=O) groups is 1. The molecule has 3 N–H and O–H groups in total. The molecule has 0 bridgehead atoms. The molecular weight excluding hydrogens is 455 g/mol. The predicted molar refractivity (Wildman–Crippen MR) is 112 cm³/mol. The van der Waals surface area contributed by atoms with Gasteiger partial charge >= 0.3 is 5.69 Å². The number of sulfonamides is 1. The zero-order valence-electron chi connectivity index (χ0n) is 16.0. The molecule has 1 amide bonds. The number of nitrogens with zero attached hydrogens (tertiary/aromatic N) is 1. The van der Waals surface area contributed by atoms with Crippen molar-refractivity contribution in [2.45, 2.75) is 31.2 Å². The minimum Gasteiger partial charge on any atom is -0.352 e. The van der Waals surface area contributed by atoms with Crippen molar-refractivity contribution in [3.63, 3.8) is 0 Å². The van der Waals surface area contributed by atoms with E-state index in [0.717, 1.165) is 4.31 Å². The van der Waals surface area contributed by atoms with E-state index in [1.54, 1.807) is 18.2 Å². The number of H-pyrrole nitrogens is 2. The van der Waals surface area contributed by atoms with E-state index in [4.69, 9.17) is 23.2 Å². The summed E-state index contributed by atoms with van der Waals surface area (Å²) in [6.45, 7) is 1.62. The third-order valence-corrected chi connectivity index (χ3v) is 7.50. The van der Waals surface area contributed by atoms with Crippen LogP contribution in [0.15, 0.2) is 32.7 Å². The van der Waals surface area contributed by atoms with Gasteiger partial charge in [0.2, 0.25) is 15.9 Å². The molecule has 12 heteroatoms. The molecular formula is C18H20Cl2N4O5S. The first-order chi connectivity index (χ1) is 14.1. The quantitative estimate of drug-likeness (QED) is 0.602. The molecule has 1 aliphatic heterocycles. The number of benzene rings is 1. The highest BCUT2D eigenvalue weighted by Crippen LogP contribution is 2.24. The fraction of sp³-hybridized carbons (Fsp3) is 0.389. The monoisotopic (exact) mass is 474 g/mol. The van der Waals surface area contributed by atoms with Gasteiger partial charge in [-0.1, -0.05) is 29.3 Å². The van der Waals surface area contributed by atoms with Gasteiger partial charge in [-0.05, 0) is 37.5 Å². The van der Waals surface area contributed by atoms with Crippen LogP contribution in [-0.4, -0.2) is 41.7 Å². The lowest BCUT2D eigenvalue weighted by Gasteiger charge is -2.31. The first-order valence-corrected chi connectivity index (χ1v) is 11.3. The van der Waals surface area contributed by atoms with E-state index in [-0.39, 0.29) is 31.2 Å². The van der Waals surface area contributed by atoms with Crippen molar-refractivity contribution in [1.29, 1.82) is 0 Å². The lowest BCUT2D eigenvalue weighted by Crippen LogP contribution is -2.47. The van der Waals surface area contributed by atoms with Crippen LogP contribution in [-0.2, 0) is 21.4 Å². The predicted octanol–water partition coefficient (Wildman–Crippen LogP) is 1.40. The van der Waals surface area contributed by atoms with E-state index in [2.05, 4.69) is 10.3 Å². The lowest BCUT2D eigenvalue weighted by atomic mass is 9.99. The Morgan fingerprint density at radius 2 is 2.00 bits per heavy atom. The molecule has 0 radical (unpaired) electrons. The van der Waals surface area contributed by atoms with Crippen molar-refractivity contribution in [3.05, 3.63) is 60.3 Å². The van der Waals surface area contributed by atoms with E-state index < -0.39 is 32.1 Å². The summed E-state index contributed by atoms with van der Waals surface area (Å²) in [4.78, 5) is 39.8. The smallest absolute Gasteiger partial charge is 0.325 e. The van der Waals surface area contributed by atoms with Gasteiger partial charge in [-0.15, -0.1) is 0 Å². The van der Waals surface area contributed by atoms with E-state index in [9.17, 15) is 22.8 Å². The van der Waals surface area contributed by atoms with Crippen LogP contribution < -0.4 is 16.6 Å². The summed E-state index contributed by atoms with van der Waals surface area (Å²) in [5.74, 6) is -0.894. The summed E-state index contributed by atoms with van der Waals surface area (Å²) < 4.78 is 27.1. The van der Waals surface area contributed by atoms with Crippen molar-refractivity contribution >= 4 is 39.1 Å². The number of halogens is 2. The minimum atomic E-state index is -4.18. The number of amides is 1. The molecule has 2 heterocycles. The number of nitrogens with one attached hydrogen (secondary N) is 3. The summed E-state index contributed by atoms with van der Waals surface area (Å²) >= 11 is 12.0. The molecule has 0 saturated carbocycles. The molecule has 1 fully saturated rings. The van der Waals surface area contributed by atoms with Gasteiger partial charge in [-0.25, -0.2) is 13.2 Å². The molecule has 1 aliphatic rings. The van der Waals surface area contributed by atoms with Crippen molar-refractivity contribution < 1.29 is 13.2 Å². The Balaban J connectivity index is 1.74. The summed E-state index contributed by atoms with van der Waals surface area (Å²) in [6.07, 6.45) is 0.965. The van der Waals surface area contributed by atoms with Crippen molar-refractivity contribution in [3.8, 4) is 0 Å². The van der Waals surface area contributed by atoms with E-state index in [0.29, 0.717) is 28.5 Å². The Morgan fingerprint density at radius 3 is 2.67 bits per heavy atom. The Hall–Kier alpha value is -2.14. The molecule has 0 spiro atoms. The number of aryl methyl sites for hydroxylation is 1. The number of rotatable bonds is 5. The van der Waals surface area contributed by atoms with Gasteiger partial charge in [0.15, 0.2) is 4.90 Å². The maximum Gasteiger partial charge on any atom is 0.325 e. The van der Waals surface area contributed by atoms with Crippen molar-refractivity contribution in [2.24, 2.45) is 5.92 Å². The van der Waals surface area contributed by atoms with Crippen LogP contribution >= 0.6 is 23.2 Å². The minimum absolute atomic E-state index is 0.0484. The summed E-state index contributed by atoms with van der Waals surface area (Å²) in [5, 5.41) is 3.67. The van der Waals surface area contributed by atoms with E-state index in [1.807, 2.05) is 4.98 Å². The highest BCUT2D eigenvalue weighted by Gasteiger charge is 2.35. The number of piperidine rings is 1. The van der Waals surface area contributed by atoms with Gasteiger partial charge in [-0.3, -0.25) is 14.6 Å². The Bertz CT molecular complexity index is 1190. The highest BCUT2D eigenvalue weighted by molar-refractivity contribution is 7.89. The molecule has 30 heavy (non-hydrogen) atoms. The number of hydrogen-bond donors (Lipinski definition) is 3. The second kappa shape index (κ2) is 8.93. The van der Waals surface area contributed by atoms with Crippen molar-refractivity contribution in [2.75, 3.05) is 13.1 Å². The fourth-order valence-electron chi connectivity index (χ4n) is 3.39. The van der Waals surface area contributed by atoms with Crippen LogP contribution in [0.2, 0.25) is 10.0 Å². The molecule has 0 unspecified atom stereocenters. The largest absolute Gasteiger partial charge is 0.352 e. The molecule has 2 aromatic rings. The molecule has 1 atom stereocenters. The maximum absolute atomic E-state index is 13.0. The number of aromatic nitrogens is 2. The topological polar surface area (TPSA) is 132 Å². The molecule has 0 aliphatic carbocycles. The Kier molecular flexibility index (Phi) is 6.71. The van der Waals surface area contributed by atoms with E-state index >= 15 is 0 Å². The first-order valence-electron chi connectivity index (χ1n) is 9.14. The van der Waals surface area contributed by atoms with Crippen LogP contribution in [0.1, 0.15) is 24.1 Å². The first kappa shape index (κ1) is 22.5. The van der Waals surface area contributed by atoms with E-state index in [1.165, 1.54) is 6.92 Å². The second-order valence-electron chi connectivity index (χ2n) is 7.02. The lowest BCUT2D eigenvalue weighted by molar-refractivity contribution is -0.126. The van der Waals surface area contributed by atoms with Gasteiger partial charge in [0.1, 0.15) is 0 Å². The van der Waals surface area contributed by atoms with Crippen LogP contribution in [0.4, 0.5) is 0 Å². The third-order valence-electron chi connectivity index (χ3n) is 4.90. The molecule has 1 aromatic heterocycles. The molecule has 9 nitrogen and oxygen atoms in total. The zero-order valence-corrected chi connectivity index (χ0v) is 18.3. The fourth-order valence-corrected chi connectivity index (χ4v) is 5.60. The van der Waals surface area contributed by atoms with Crippen molar-refractivity contribution in [1.82, 2.24) is 19.6 Å². The zero-order chi connectivity index (χ0) is 22.1. The Morgan fingerprint density at radius 1 is 1.27 bits per heavy atom. The number of hydrogen-bond acceptors (Lipinski definition) is 5. The summed E-state index contributed by atoms with van der Waals surface area (Å²) in [7, 11) is -4.18. The third kappa shape index (κ3) is 4.77. The SMILES string of the molecule is Cc1[nH]c(=O)[nH]c(=O)c1S(=O)(=O)N1CCC[C@@H](C(=O)NCc2ccc(Cl)cc2Cl)C1. The average molecular weight is 475 g/mol. The Labute approximate surface area is 182 Å². The maximum atomic E-state index is 13.0. The molecule has 1 saturated heterocycles. The molecule has 162 valence electrons. The summed E-state index contributed by atoms with van der Waals surface area (Å²) in [5.41, 5.74) is -1.13. The van der Waals surface area contributed by atoms with Gasteiger partial charge in [0.25, 0.3) is 5.56 Å². The molecule has 1 aromatic carbocycles. The molecule has 3 rings (SSSR count). The summed E-state index contributed by atoms with van der Waals surface area (Å²) in [6, 6.07) is 4.94.